The molecule has 8 heteroatoms. The normalized spacial score (nSPS) is 20.0. The van der Waals surface area contributed by atoms with Crippen molar-refractivity contribution < 1.29 is 13.5 Å². The van der Waals surface area contributed by atoms with E-state index in [-0.39, 0.29) is 4.90 Å². The summed E-state index contributed by atoms with van der Waals surface area (Å²) in [5.41, 5.74) is 2.77. The Morgan fingerprint density at radius 3 is 2.45 bits per heavy atom. The number of piperazine rings is 1. The van der Waals surface area contributed by atoms with E-state index in [2.05, 4.69) is 22.9 Å². The Morgan fingerprint density at radius 2 is 1.74 bits per heavy atom. The molecule has 166 valence electrons. The number of nitrogens with zero attached hydrogens (tertiary/aromatic N) is 3. The third-order valence-electron chi connectivity index (χ3n) is 5.82. The van der Waals surface area contributed by atoms with Crippen LogP contribution >= 0.6 is 11.8 Å². The highest BCUT2D eigenvalue weighted by Gasteiger charge is 2.26. The van der Waals surface area contributed by atoms with E-state index < -0.39 is 16.1 Å². The minimum absolute atomic E-state index is 0.260. The summed E-state index contributed by atoms with van der Waals surface area (Å²) in [6.45, 7) is 4.43. The fraction of sp³-hybridized carbons (Fsp3) is 0.391. The van der Waals surface area contributed by atoms with Crippen LogP contribution in [0.15, 0.2) is 63.2 Å². The van der Waals surface area contributed by atoms with Gasteiger partial charge in [-0.15, -0.1) is 0 Å². The first kappa shape index (κ1) is 22.5. The van der Waals surface area contributed by atoms with Gasteiger partial charge in [0, 0.05) is 56.6 Å². The van der Waals surface area contributed by atoms with Crippen LogP contribution in [-0.4, -0.2) is 87.6 Å². The average Bonchev–Trinajstić information content (AvgIpc) is 2.74. The maximum absolute atomic E-state index is 12.7. The number of β-amino-alcohol motifs (C(OH)–C–C–N with tert-alkyl or cyclic N) is 1. The number of likely N-dealkylation sites (N-methyl/N-ethyl adjacent to an activating group) is 1. The number of benzene rings is 2. The molecule has 31 heavy (non-hydrogen) atoms. The molecule has 2 aromatic rings. The van der Waals surface area contributed by atoms with Gasteiger partial charge in [-0.05, 0) is 54.1 Å². The zero-order chi connectivity index (χ0) is 22.2. The van der Waals surface area contributed by atoms with Gasteiger partial charge >= 0.3 is 0 Å². The van der Waals surface area contributed by atoms with Crippen LogP contribution < -0.4 is 0 Å². The van der Waals surface area contributed by atoms with Crippen molar-refractivity contribution >= 4 is 27.4 Å². The van der Waals surface area contributed by atoms with Gasteiger partial charge in [-0.1, -0.05) is 30.0 Å². The summed E-state index contributed by atoms with van der Waals surface area (Å²) in [7, 11) is 1.64. The predicted molar refractivity (Wildman–Crippen MR) is 125 cm³/mol. The molecule has 0 saturated carbocycles. The van der Waals surface area contributed by atoms with E-state index in [4.69, 9.17) is 0 Å². The molecule has 1 atom stereocenters. The third kappa shape index (κ3) is 4.74. The predicted octanol–water partition coefficient (Wildman–Crippen LogP) is 2.44. The van der Waals surface area contributed by atoms with Gasteiger partial charge in [-0.3, -0.25) is 4.90 Å². The van der Waals surface area contributed by atoms with E-state index in [0.717, 1.165) is 52.7 Å². The molecule has 1 fully saturated rings. The van der Waals surface area contributed by atoms with Crippen LogP contribution in [0.25, 0.3) is 5.57 Å². The Balaban J connectivity index is 1.72. The van der Waals surface area contributed by atoms with Crippen molar-refractivity contribution in [2.75, 3.05) is 53.9 Å². The lowest BCUT2D eigenvalue weighted by Gasteiger charge is -2.33. The Labute approximate surface area is 189 Å². The van der Waals surface area contributed by atoms with Gasteiger partial charge in [0.05, 0.1) is 11.0 Å². The molecule has 0 spiro atoms. The average molecular weight is 460 g/mol. The van der Waals surface area contributed by atoms with Crippen LogP contribution in [0.4, 0.5) is 0 Å². The fourth-order valence-electron chi connectivity index (χ4n) is 3.94. The monoisotopic (exact) mass is 459 g/mol. The molecular formula is C23H29N3O3S2. The summed E-state index contributed by atoms with van der Waals surface area (Å²) in [5, 5.41) is 10.9. The van der Waals surface area contributed by atoms with Crippen molar-refractivity contribution in [3.8, 4) is 0 Å². The van der Waals surface area contributed by atoms with Crippen molar-refractivity contribution in [2.24, 2.45) is 0 Å². The first-order chi connectivity index (χ1) is 14.8. The molecule has 1 unspecified atom stereocenters. The molecule has 1 N–H and O–H groups in total. The van der Waals surface area contributed by atoms with Gasteiger partial charge in [-0.2, -0.15) is 0 Å². The highest BCUT2D eigenvalue weighted by atomic mass is 32.2. The summed E-state index contributed by atoms with van der Waals surface area (Å²) in [6, 6.07) is 13.3. The zero-order valence-electron chi connectivity index (χ0n) is 18.2. The van der Waals surface area contributed by atoms with Crippen LogP contribution in [0.1, 0.15) is 11.1 Å². The van der Waals surface area contributed by atoms with Gasteiger partial charge in [-0.25, -0.2) is 12.7 Å². The van der Waals surface area contributed by atoms with Crippen molar-refractivity contribution in [3.05, 3.63) is 59.7 Å². The maximum Gasteiger partial charge on any atom is 0.242 e. The van der Waals surface area contributed by atoms with Crippen LogP contribution in [-0.2, 0) is 10.0 Å². The summed E-state index contributed by atoms with van der Waals surface area (Å²) in [5.74, 6) is 0. The van der Waals surface area contributed by atoms with Gasteiger partial charge in [0.25, 0.3) is 0 Å². The van der Waals surface area contributed by atoms with Crippen molar-refractivity contribution in [3.63, 3.8) is 0 Å². The highest BCUT2D eigenvalue weighted by molar-refractivity contribution is 7.99. The summed E-state index contributed by atoms with van der Waals surface area (Å²) >= 11 is 1.63. The smallest absolute Gasteiger partial charge is 0.242 e. The molecule has 2 aromatic carbocycles. The number of aliphatic hydroxyl groups is 1. The lowest BCUT2D eigenvalue weighted by molar-refractivity contribution is 0.102. The van der Waals surface area contributed by atoms with Crippen molar-refractivity contribution in [2.45, 2.75) is 20.8 Å². The SMILES string of the molecule is CN1CCN(CC(O)/C=C2/c3ccccc3Sc3ccc(S(=O)(=O)N(C)C)cc32)CC1. The molecule has 0 aromatic heterocycles. The number of rotatable bonds is 5. The molecule has 1 saturated heterocycles. The topological polar surface area (TPSA) is 64.1 Å². The summed E-state index contributed by atoms with van der Waals surface area (Å²) in [4.78, 5) is 6.93. The van der Waals surface area contributed by atoms with E-state index in [1.54, 1.807) is 23.9 Å². The van der Waals surface area contributed by atoms with Gasteiger partial charge in [0.1, 0.15) is 0 Å². The molecule has 2 aliphatic rings. The lowest BCUT2D eigenvalue weighted by Crippen LogP contribution is -2.46. The van der Waals surface area contributed by atoms with E-state index in [1.807, 2.05) is 30.3 Å². The Bertz CT molecular complexity index is 1090. The quantitative estimate of drug-likeness (QED) is 0.632. The minimum atomic E-state index is -3.55. The Kier molecular flexibility index (Phi) is 6.57. The molecule has 0 aliphatic carbocycles. The van der Waals surface area contributed by atoms with Gasteiger partial charge in [0.2, 0.25) is 10.0 Å². The van der Waals surface area contributed by atoms with Gasteiger partial charge in [0.15, 0.2) is 0 Å². The highest BCUT2D eigenvalue weighted by Crippen LogP contribution is 2.46. The molecular weight excluding hydrogens is 430 g/mol. The number of hydrogen-bond donors (Lipinski definition) is 1. The first-order valence-electron chi connectivity index (χ1n) is 10.4. The third-order valence-corrected chi connectivity index (χ3v) is 8.78. The van der Waals surface area contributed by atoms with Crippen LogP contribution in [0.3, 0.4) is 0 Å². The second kappa shape index (κ2) is 9.05. The van der Waals surface area contributed by atoms with Crippen molar-refractivity contribution in [1.82, 2.24) is 14.1 Å². The molecule has 0 bridgehead atoms. The molecule has 2 heterocycles. The van der Waals surface area contributed by atoms with Crippen LogP contribution in [0.5, 0.6) is 0 Å². The molecule has 2 aliphatic heterocycles. The standard InChI is InChI=1S/C23H29N3O3S2/c1-24(2)31(28,29)18-8-9-23-21(15-18)20(19-6-4-5-7-22(19)30-23)14-17(27)16-26-12-10-25(3)11-13-26/h4-9,14-15,17,27H,10-13,16H2,1-3H3/b20-14-. The maximum atomic E-state index is 12.7. The number of fused-ring (bicyclic) bond motifs is 2. The Hall–Kier alpha value is -1.68. The number of hydrogen-bond acceptors (Lipinski definition) is 6. The largest absolute Gasteiger partial charge is 0.388 e. The molecule has 0 amide bonds. The second-order valence-electron chi connectivity index (χ2n) is 8.30. The van der Waals surface area contributed by atoms with E-state index in [0.29, 0.717) is 6.54 Å². The van der Waals surface area contributed by atoms with Gasteiger partial charge < -0.3 is 10.0 Å². The summed E-state index contributed by atoms with van der Waals surface area (Å²) in [6.07, 6.45) is 1.25. The lowest BCUT2D eigenvalue weighted by atomic mass is 9.95. The molecule has 4 rings (SSSR count). The number of sulfonamides is 1. The van der Waals surface area contributed by atoms with Crippen LogP contribution in [0, 0.1) is 0 Å². The first-order valence-corrected chi connectivity index (χ1v) is 12.7. The molecule has 0 radical (unpaired) electrons. The number of aliphatic hydroxyl groups excluding tert-OH is 1. The summed E-state index contributed by atoms with van der Waals surface area (Å²) < 4.78 is 26.7. The molecule has 6 nitrogen and oxygen atoms in total. The fourth-order valence-corrected chi connectivity index (χ4v) is 5.96. The van der Waals surface area contributed by atoms with Crippen molar-refractivity contribution in [1.29, 1.82) is 0 Å². The van der Waals surface area contributed by atoms with Crippen LogP contribution in [0.2, 0.25) is 0 Å². The second-order valence-corrected chi connectivity index (χ2v) is 11.5. The van der Waals surface area contributed by atoms with E-state index >= 15 is 0 Å². The zero-order valence-corrected chi connectivity index (χ0v) is 19.8. The Morgan fingerprint density at radius 1 is 1.06 bits per heavy atom. The minimum Gasteiger partial charge on any atom is -0.388 e. The van der Waals surface area contributed by atoms with E-state index in [1.165, 1.54) is 18.4 Å². The van der Waals surface area contributed by atoms with E-state index in [9.17, 15) is 13.5 Å².